The van der Waals surface area contributed by atoms with Crippen molar-refractivity contribution in [3.8, 4) is 11.3 Å². The number of carbonyl (C=O) groups is 1. The molecule has 7 heteroatoms. The molecule has 1 aromatic carbocycles. The normalized spacial score (nSPS) is 10.7. The summed E-state index contributed by atoms with van der Waals surface area (Å²) in [5.41, 5.74) is 0.896. The Kier molecular flexibility index (Phi) is 3.23. The Balaban J connectivity index is 1.80. The van der Waals surface area contributed by atoms with E-state index in [1.807, 2.05) is 0 Å². The molecule has 6 nitrogen and oxygen atoms in total. The largest absolute Gasteiger partial charge is 0.476 e. The fourth-order valence-corrected chi connectivity index (χ4v) is 1.82. The third kappa shape index (κ3) is 2.81. The van der Waals surface area contributed by atoms with Crippen molar-refractivity contribution in [2.45, 2.75) is 6.42 Å². The van der Waals surface area contributed by atoms with Gasteiger partial charge in [-0.05, 0) is 12.1 Å². The van der Waals surface area contributed by atoms with E-state index in [9.17, 15) is 9.18 Å². The van der Waals surface area contributed by atoms with Crippen molar-refractivity contribution in [1.29, 1.82) is 0 Å². The van der Waals surface area contributed by atoms with Gasteiger partial charge < -0.3 is 14.0 Å². The molecule has 0 saturated carbocycles. The molecule has 3 rings (SSSR count). The van der Waals surface area contributed by atoms with Gasteiger partial charge in [-0.2, -0.15) is 0 Å². The van der Waals surface area contributed by atoms with Crippen LogP contribution in [0.1, 0.15) is 22.1 Å². The monoisotopic (exact) mass is 288 g/mol. The SMILES string of the molecule is O=C(O)c1coc(Cc2cc(-c3cccc(F)c3)no2)n1. The van der Waals surface area contributed by atoms with E-state index in [2.05, 4.69) is 10.1 Å². The van der Waals surface area contributed by atoms with Gasteiger partial charge in [0.1, 0.15) is 23.5 Å². The third-order valence-corrected chi connectivity index (χ3v) is 2.78. The number of carboxylic acids is 1. The van der Waals surface area contributed by atoms with Crippen molar-refractivity contribution in [2.75, 3.05) is 0 Å². The second kappa shape index (κ2) is 5.20. The number of halogens is 1. The molecule has 0 aliphatic heterocycles. The molecule has 0 aliphatic carbocycles. The van der Waals surface area contributed by atoms with Gasteiger partial charge in [-0.1, -0.05) is 17.3 Å². The first kappa shape index (κ1) is 13.0. The number of rotatable bonds is 4. The quantitative estimate of drug-likeness (QED) is 0.794. The first-order valence-corrected chi connectivity index (χ1v) is 6.01. The third-order valence-electron chi connectivity index (χ3n) is 2.78. The number of oxazole rings is 1. The maximum Gasteiger partial charge on any atom is 0.357 e. The molecule has 106 valence electrons. The fourth-order valence-electron chi connectivity index (χ4n) is 1.82. The van der Waals surface area contributed by atoms with Gasteiger partial charge in [-0.3, -0.25) is 0 Å². The van der Waals surface area contributed by atoms with Crippen LogP contribution in [0.3, 0.4) is 0 Å². The first-order valence-electron chi connectivity index (χ1n) is 6.01. The second-order valence-corrected chi connectivity index (χ2v) is 4.30. The minimum atomic E-state index is -1.16. The summed E-state index contributed by atoms with van der Waals surface area (Å²) in [4.78, 5) is 14.5. The maximum absolute atomic E-state index is 13.1. The Morgan fingerprint density at radius 2 is 2.19 bits per heavy atom. The first-order chi connectivity index (χ1) is 10.1. The van der Waals surface area contributed by atoms with Crippen molar-refractivity contribution in [3.05, 3.63) is 59.8 Å². The predicted octanol–water partition coefficient (Wildman–Crippen LogP) is 2.76. The molecule has 3 aromatic rings. The van der Waals surface area contributed by atoms with E-state index < -0.39 is 5.97 Å². The zero-order valence-electron chi connectivity index (χ0n) is 10.6. The van der Waals surface area contributed by atoms with Gasteiger partial charge in [0, 0.05) is 11.6 Å². The van der Waals surface area contributed by atoms with Crippen molar-refractivity contribution in [1.82, 2.24) is 10.1 Å². The van der Waals surface area contributed by atoms with Crippen LogP contribution in [-0.2, 0) is 6.42 Å². The van der Waals surface area contributed by atoms with Gasteiger partial charge >= 0.3 is 5.97 Å². The zero-order valence-corrected chi connectivity index (χ0v) is 10.6. The van der Waals surface area contributed by atoms with Crippen LogP contribution in [0.5, 0.6) is 0 Å². The summed E-state index contributed by atoms with van der Waals surface area (Å²) in [6.45, 7) is 0. The van der Waals surface area contributed by atoms with Gasteiger partial charge in [-0.25, -0.2) is 14.2 Å². The van der Waals surface area contributed by atoms with E-state index in [-0.39, 0.29) is 23.8 Å². The lowest BCUT2D eigenvalue weighted by Gasteiger charge is -1.93. The molecule has 0 atom stereocenters. The topological polar surface area (TPSA) is 89.4 Å². The van der Waals surface area contributed by atoms with Crippen molar-refractivity contribution < 1.29 is 23.2 Å². The number of hydrogen-bond donors (Lipinski definition) is 1. The highest BCUT2D eigenvalue weighted by Gasteiger charge is 2.14. The molecule has 0 saturated heterocycles. The van der Waals surface area contributed by atoms with Crippen LogP contribution in [0, 0.1) is 5.82 Å². The Morgan fingerprint density at radius 3 is 2.90 bits per heavy atom. The zero-order chi connectivity index (χ0) is 14.8. The summed E-state index contributed by atoms with van der Waals surface area (Å²) in [6, 6.07) is 7.59. The molecule has 0 fully saturated rings. The lowest BCUT2D eigenvalue weighted by molar-refractivity contribution is 0.0690. The number of aromatic carboxylic acids is 1. The Bertz CT molecular complexity index is 794. The van der Waals surface area contributed by atoms with Crippen LogP contribution >= 0.6 is 0 Å². The molecule has 0 unspecified atom stereocenters. The number of hydrogen-bond acceptors (Lipinski definition) is 5. The second-order valence-electron chi connectivity index (χ2n) is 4.30. The summed E-state index contributed by atoms with van der Waals surface area (Å²) in [6.07, 6.45) is 1.22. The minimum Gasteiger partial charge on any atom is -0.476 e. The van der Waals surface area contributed by atoms with Gasteiger partial charge in [0.25, 0.3) is 0 Å². The Labute approximate surface area is 117 Å². The summed E-state index contributed by atoms with van der Waals surface area (Å²) in [7, 11) is 0. The molecule has 2 aromatic heterocycles. The minimum absolute atomic E-state index is 0.162. The number of nitrogens with zero attached hydrogens (tertiary/aromatic N) is 2. The van der Waals surface area contributed by atoms with Crippen molar-refractivity contribution >= 4 is 5.97 Å². The van der Waals surface area contributed by atoms with Crippen LogP contribution in [-0.4, -0.2) is 21.2 Å². The van der Waals surface area contributed by atoms with E-state index in [0.29, 0.717) is 17.0 Å². The Morgan fingerprint density at radius 1 is 1.33 bits per heavy atom. The lowest BCUT2D eigenvalue weighted by Crippen LogP contribution is -1.96. The van der Waals surface area contributed by atoms with Crippen LogP contribution in [0.4, 0.5) is 4.39 Å². The molecular weight excluding hydrogens is 279 g/mol. The average Bonchev–Trinajstić information content (AvgIpc) is 3.08. The molecule has 0 bridgehead atoms. The van der Waals surface area contributed by atoms with E-state index >= 15 is 0 Å². The molecular formula is C14H9FN2O4. The molecule has 0 spiro atoms. The van der Waals surface area contributed by atoms with Crippen LogP contribution in [0.25, 0.3) is 11.3 Å². The smallest absolute Gasteiger partial charge is 0.357 e. The lowest BCUT2D eigenvalue weighted by atomic mass is 10.1. The summed E-state index contributed by atoms with van der Waals surface area (Å²) in [5.74, 6) is -0.888. The van der Waals surface area contributed by atoms with Crippen molar-refractivity contribution in [3.63, 3.8) is 0 Å². The van der Waals surface area contributed by atoms with E-state index in [4.69, 9.17) is 14.0 Å². The van der Waals surface area contributed by atoms with E-state index in [1.165, 1.54) is 12.1 Å². The highest BCUT2D eigenvalue weighted by molar-refractivity contribution is 5.84. The van der Waals surface area contributed by atoms with Gasteiger partial charge in [0.2, 0.25) is 5.89 Å². The molecule has 1 N–H and O–H groups in total. The number of benzene rings is 1. The van der Waals surface area contributed by atoms with E-state index in [0.717, 1.165) is 6.26 Å². The fraction of sp³-hybridized carbons (Fsp3) is 0.0714. The number of carboxylic acid groups (broad SMARTS) is 1. The summed E-state index contributed by atoms with van der Waals surface area (Å²) >= 11 is 0. The molecule has 21 heavy (non-hydrogen) atoms. The van der Waals surface area contributed by atoms with Crippen molar-refractivity contribution in [2.24, 2.45) is 0 Å². The molecule has 0 aliphatic rings. The van der Waals surface area contributed by atoms with E-state index in [1.54, 1.807) is 18.2 Å². The predicted molar refractivity (Wildman–Crippen MR) is 68.2 cm³/mol. The summed E-state index contributed by atoms with van der Waals surface area (Å²) < 4.78 is 23.3. The van der Waals surface area contributed by atoms with Crippen LogP contribution in [0.2, 0.25) is 0 Å². The van der Waals surface area contributed by atoms with Crippen LogP contribution in [0.15, 0.2) is 45.5 Å². The highest BCUT2D eigenvalue weighted by Crippen LogP contribution is 2.21. The van der Waals surface area contributed by atoms with Gasteiger partial charge in [0.15, 0.2) is 5.69 Å². The Hall–Kier alpha value is -2.96. The average molecular weight is 288 g/mol. The molecule has 2 heterocycles. The summed E-state index contributed by atoms with van der Waals surface area (Å²) in [5, 5.41) is 12.6. The van der Waals surface area contributed by atoms with Crippen LogP contribution < -0.4 is 0 Å². The molecule has 0 amide bonds. The highest BCUT2D eigenvalue weighted by atomic mass is 19.1. The molecule has 0 radical (unpaired) electrons. The maximum atomic E-state index is 13.1. The standard InChI is InChI=1S/C14H9FN2O4/c15-9-3-1-2-8(4-9)11-5-10(21-17-11)6-13-16-12(7-20-13)14(18)19/h1-5,7H,6H2,(H,18,19). The number of aromatic nitrogens is 2. The van der Waals surface area contributed by atoms with Gasteiger partial charge in [-0.15, -0.1) is 0 Å². The van der Waals surface area contributed by atoms with Gasteiger partial charge in [0.05, 0.1) is 6.42 Å².